The summed E-state index contributed by atoms with van der Waals surface area (Å²) in [6.07, 6.45) is 1.45. The second-order valence-corrected chi connectivity index (χ2v) is 39.5. The van der Waals surface area contributed by atoms with Gasteiger partial charge in [0.05, 0.1) is 49.2 Å². The quantitative estimate of drug-likeness (QED) is 0.0590. The predicted octanol–water partition coefficient (Wildman–Crippen LogP) is 8.13. The minimum absolute atomic E-state index is 0. The Kier molecular flexibility index (Phi) is 37.5. The largest absolute Gasteiger partial charge is 0.388 e. The van der Waals surface area contributed by atoms with E-state index in [0.717, 1.165) is 22.7 Å². The van der Waals surface area contributed by atoms with Crippen LogP contribution in [0.1, 0.15) is 81.1 Å². The molecule has 6 saturated heterocycles. The van der Waals surface area contributed by atoms with Gasteiger partial charge in [-0.05, 0) is 254 Å². The molecule has 6 aromatic carbocycles. The number of anilines is 6. The minimum atomic E-state index is -3.89. The second kappa shape index (κ2) is 46.6. The first-order valence-corrected chi connectivity index (χ1v) is 48.0. The van der Waals surface area contributed by atoms with Crippen molar-refractivity contribution in [2.75, 3.05) is 152 Å². The number of carbonyl (C=O) groups excluding carboxylic acids is 2. The van der Waals surface area contributed by atoms with Gasteiger partial charge in [0.15, 0.2) is 0 Å². The van der Waals surface area contributed by atoms with Crippen LogP contribution < -0.4 is 31.1 Å². The van der Waals surface area contributed by atoms with Gasteiger partial charge in [0.1, 0.15) is 17.2 Å². The van der Waals surface area contributed by atoms with Crippen molar-refractivity contribution >= 4 is 106 Å². The first-order valence-electron chi connectivity index (χ1n) is 39.3. The van der Waals surface area contributed by atoms with E-state index in [1.165, 1.54) is 73.7 Å². The van der Waals surface area contributed by atoms with Crippen LogP contribution in [-0.2, 0) is 83.9 Å². The molecular weight excluding hydrogens is 1750 g/mol. The van der Waals surface area contributed by atoms with Crippen LogP contribution in [0.4, 0.5) is 34.1 Å². The summed E-state index contributed by atoms with van der Waals surface area (Å²) in [4.78, 5) is 27.0. The van der Waals surface area contributed by atoms with Crippen LogP contribution in [0, 0.1) is 130 Å². The van der Waals surface area contributed by atoms with Crippen LogP contribution in [0.5, 0.6) is 0 Å². The first-order chi connectivity index (χ1) is 60.2. The molecule has 35 heteroatoms. The number of benzene rings is 6. The van der Waals surface area contributed by atoms with E-state index in [1.54, 1.807) is 177 Å². The normalized spacial score (nSPS) is 16.1. The predicted molar refractivity (Wildman–Crippen MR) is 497 cm³/mol. The monoisotopic (exact) mass is 1850 g/mol. The number of amides is 2. The molecule has 0 aliphatic carbocycles. The number of ether oxygens (including phenoxy) is 3. The van der Waals surface area contributed by atoms with Crippen molar-refractivity contribution in [3.63, 3.8) is 0 Å². The molecule has 0 bridgehead atoms. The molecule has 2 amide bonds. The van der Waals surface area contributed by atoms with Gasteiger partial charge < -0.3 is 45.3 Å². The average Bonchev–Trinajstić information content (AvgIpc) is 1.60. The highest BCUT2D eigenvalue weighted by Gasteiger charge is 2.55. The summed E-state index contributed by atoms with van der Waals surface area (Å²) >= 11 is 0. The molecule has 6 aromatic rings. The number of nitrogens with one attached hydrogen (secondary N) is 4. The third-order valence-electron chi connectivity index (χ3n) is 20.9. The summed E-state index contributed by atoms with van der Waals surface area (Å²) in [6.45, 7) is 8.59. The fourth-order valence-electron chi connectivity index (χ4n) is 13.9. The Morgan fingerprint density at radius 2 is 0.461 bits per heavy atom. The van der Waals surface area contributed by atoms with Crippen LogP contribution in [-0.4, -0.2) is 226 Å². The Morgan fingerprint density at radius 1 is 0.289 bits per heavy atom. The van der Waals surface area contributed by atoms with E-state index in [4.69, 9.17) is 14.2 Å². The van der Waals surface area contributed by atoms with E-state index >= 15 is 0 Å². The van der Waals surface area contributed by atoms with E-state index in [0.29, 0.717) is 11.4 Å². The maximum absolute atomic E-state index is 13.5. The number of hydrogen-bond donors (Lipinski definition) is 4. The summed E-state index contributed by atoms with van der Waals surface area (Å²) < 4.78 is 186. The molecule has 4 N–H and O–H groups in total. The Hall–Kier alpha value is -12.0. The van der Waals surface area contributed by atoms with Gasteiger partial charge in [-0.2, -0.15) is 25.8 Å². The number of carbonyl (C=O) groups is 2. The molecule has 6 fully saturated rings. The molecule has 0 atom stereocenters. The maximum atomic E-state index is 13.5. The van der Waals surface area contributed by atoms with Crippen molar-refractivity contribution < 1.29 is 74.3 Å². The third kappa shape index (κ3) is 25.3. The van der Waals surface area contributed by atoms with Crippen LogP contribution >= 0.6 is 0 Å². The lowest BCUT2D eigenvalue weighted by molar-refractivity contribution is -0.117. The lowest BCUT2D eigenvalue weighted by Crippen LogP contribution is -2.55. The van der Waals surface area contributed by atoms with E-state index in [-0.39, 0.29) is 173 Å². The zero-order chi connectivity index (χ0) is 91.4. The van der Waals surface area contributed by atoms with Gasteiger partial charge in [0.2, 0.25) is 72.0 Å². The molecule has 6 aliphatic heterocycles. The molecule has 0 unspecified atom stereocenters. The molecule has 128 heavy (non-hydrogen) atoms. The number of sulfonamides is 6. The van der Waals surface area contributed by atoms with Gasteiger partial charge in [-0.15, -0.1) is 0 Å². The molecule has 0 saturated carbocycles. The van der Waals surface area contributed by atoms with Gasteiger partial charge >= 0.3 is 0 Å². The van der Waals surface area contributed by atoms with Crippen molar-refractivity contribution in [3.8, 4) is 130 Å². The van der Waals surface area contributed by atoms with E-state index in [1.807, 2.05) is 0 Å². The molecule has 12 rings (SSSR count). The summed E-state index contributed by atoms with van der Waals surface area (Å²) in [5.74, 6) is 55.3. The van der Waals surface area contributed by atoms with Crippen molar-refractivity contribution in [3.05, 3.63) is 146 Å². The van der Waals surface area contributed by atoms with Gasteiger partial charge in [-0.3, -0.25) is 9.59 Å². The first kappa shape index (κ1) is 103. The minimum Gasteiger partial charge on any atom is -0.388 e. The smallest absolute Gasteiger partial charge is 0.245 e. The standard InChI is InChI=1S/C24H6.2C23H30N4O6S2.C21H28N4O5S2.2CH4/c1-3-5-7-9-11-13-15-17-19-21-23-24-22-20-18-16-14-12-10-8-6-4-2;1-18(28)25(3)20-6-10-21(11-7-20)34(29,30)26-14-12-23(13-15-26)27(16-17-33-23)35(31,32)22-8-4-19(24-2)5-9-22;1-18(28)25(3)20-6-10-22(11-7-20)35(31,32)27-16-17-33-23(27)12-14-26(15-13-23)34(29,30)21-8-4-19(24-2)5-9-21;1-22-17-3-7-19(8-4-17)31(26,27)24-13-11-21(12-14-24)25(15-16-30-21)32(28,29)20-9-5-18(23-2)6-10-20;;/h1-2H3;2*4-11,24H,12-17H2,1-3H3;3-10,22-23H,11-16H2,1-2H3;2*1H4. The maximum Gasteiger partial charge on any atom is 0.245 e. The zero-order valence-electron chi connectivity index (χ0n) is 71.1. The van der Waals surface area contributed by atoms with E-state index in [2.05, 4.69) is 152 Å². The number of nitrogens with zero attached hydrogens (tertiary/aromatic N) is 8. The van der Waals surface area contributed by atoms with Crippen molar-refractivity contribution in [1.29, 1.82) is 0 Å². The fourth-order valence-corrected chi connectivity index (χ4v) is 23.4. The van der Waals surface area contributed by atoms with E-state index in [9.17, 15) is 60.1 Å². The molecule has 6 heterocycles. The van der Waals surface area contributed by atoms with Gasteiger partial charge in [0, 0.05) is 211 Å². The highest BCUT2D eigenvalue weighted by molar-refractivity contribution is 7.90. The number of rotatable bonds is 18. The van der Waals surface area contributed by atoms with Crippen molar-refractivity contribution in [2.45, 2.75) is 128 Å². The SMILES string of the molecule is C.C.CC#CC#CC#CC#CC#CC#CC#CC#CC#CC#CC#CC.CNc1ccc(S(=O)(=O)N2CCC3(CC2)OCCN3S(=O)(=O)c2ccc(N(C)C(C)=O)cc2)cc1.CNc1ccc(S(=O)(=O)N2CCC3(CC2)OCCN3S(=O)(=O)c2ccc(NC)cc2)cc1.CNc1ccc(S(=O)(=O)N2CCOC23CCN(S(=O)(=O)c2ccc(N(C)C(C)=O)cc2)CC3)cc1. The lowest BCUT2D eigenvalue weighted by atomic mass is 10.0. The molecule has 3 spiro atoms. The Bertz CT molecular complexity index is 6400. The Morgan fingerprint density at radius 3 is 0.633 bits per heavy atom. The highest BCUT2D eigenvalue weighted by Crippen LogP contribution is 2.44. The van der Waals surface area contributed by atoms with Crippen molar-refractivity contribution in [1.82, 2.24) is 25.8 Å². The number of piperidine rings is 3. The Balaban J connectivity index is 0.000000235. The summed E-state index contributed by atoms with van der Waals surface area (Å²) in [5, 5.41) is 11.9. The topological polar surface area (TPSA) is 341 Å². The molecule has 672 valence electrons. The highest BCUT2D eigenvalue weighted by atomic mass is 32.2. The van der Waals surface area contributed by atoms with Crippen LogP contribution in [0.25, 0.3) is 0 Å². The van der Waals surface area contributed by atoms with Gasteiger partial charge in [-0.25, -0.2) is 50.5 Å². The molecule has 0 aromatic heterocycles. The van der Waals surface area contributed by atoms with Gasteiger partial charge in [-0.1, -0.05) is 26.7 Å². The summed E-state index contributed by atoms with van der Waals surface area (Å²) in [5.41, 5.74) is 1.25. The van der Waals surface area contributed by atoms with Crippen LogP contribution in [0.3, 0.4) is 0 Å². The summed E-state index contributed by atoms with van der Waals surface area (Å²) in [7, 11) is -12.4. The number of hydrogen-bond acceptors (Lipinski definition) is 21. The van der Waals surface area contributed by atoms with E-state index < -0.39 is 77.3 Å². The van der Waals surface area contributed by atoms with Crippen molar-refractivity contribution in [2.24, 2.45) is 0 Å². The molecular formula is C93H102N12O17S6. The van der Waals surface area contributed by atoms with Crippen LogP contribution in [0.2, 0.25) is 0 Å². The van der Waals surface area contributed by atoms with Crippen LogP contribution in [0.15, 0.2) is 175 Å². The third-order valence-corrected chi connectivity index (χ3v) is 32.6. The fraction of sp³-hybridized carbons (Fsp3) is 0.355. The molecule has 29 nitrogen and oxygen atoms in total. The second-order valence-electron chi connectivity index (χ2n) is 28.1. The molecule has 0 radical (unpaired) electrons. The van der Waals surface area contributed by atoms with Gasteiger partial charge in [0.25, 0.3) is 0 Å². The average molecular weight is 1850 g/mol. The zero-order valence-corrected chi connectivity index (χ0v) is 76.0. The summed E-state index contributed by atoms with van der Waals surface area (Å²) in [6, 6.07) is 38.4. The molecule has 6 aliphatic rings. The lowest BCUT2D eigenvalue weighted by Gasteiger charge is -2.42. The Labute approximate surface area is 756 Å².